The minimum absolute atomic E-state index is 0.0369. The van der Waals surface area contributed by atoms with Gasteiger partial charge >= 0.3 is 0 Å². The van der Waals surface area contributed by atoms with Crippen molar-refractivity contribution in [3.8, 4) is 0 Å². The van der Waals surface area contributed by atoms with Crippen LogP contribution in [0.5, 0.6) is 0 Å². The van der Waals surface area contributed by atoms with Crippen molar-refractivity contribution in [2.24, 2.45) is 5.73 Å². The summed E-state index contributed by atoms with van der Waals surface area (Å²) in [5, 5.41) is 0.0369. The lowest BCUT2D eigenvalue weighted by Crippen LogP contribution is -2.35. The summed E-state index contributed by atoms with van der Waals surface area (Å²) in [6, 6.07) is 8.49. The molecule has 0 atom stereocenters. The van der Waals surface area contributed by atoms with Gasteiger partial charge in [-0.25, -0.2) is 9.37 Å². The van der Waals surface area contributed by atoms with Crippen LogP contribution in [-0.2, 0) is 4.74 Å². The fourth-order valence-electron chi connectivity index (χ4n) is 3.50. The first-order valence-electron chi connectivity index (χ1n) is 9.62. The standard InChI is InChI=1S/C15H8FN3O2S.C6H13NO/c16-7-5-8-12(20)11(13(17)21)15-19(14(8)18-6-7)9-3-1-2-4-10(9)22-15;1-2-7-3-5-8-6-4-7/h1-6H,(H2,17,21);2-6H2,1H3. The third-order valence-electron chi connectivity index (χ3n) is 5.04. The molecule has 1 aliphatic heterocycles. The predicted octanol–water partition coefficient (Wildman–Crippen LogP) is 2.64. The van der Waals surface area contributed by atoms with Gasteiger partial charge in [-0.1, -0.05) is 19.1 Å². The molecule has 0 bridgehead atoms. The SMILES string of the molecule is CCN1CCOCC1.NC(=O)c1c(=O)c2cc(F)cnc2n2c1sc1ccccc12. The van der Waals surface area contributed by atoms with E-state index in [1.165, 1.54) is 17.9 Å². The largest absolute Gasteiger partial charge is 0.379 e. The van der Waals surface area contributed by atoms with Crippen LogP contribution in [0.1, 0.15) is 17.3 Å². The maximum Gasteiger partial charge on any atom is 0.255 e. The van der Waals surface area contributed by atoms with Gasteiger partial charge in [-0.2, -0.15) is 0 Å². The smallest absolute Gasteiger partial charge is 0.255 e. The third kappa shape index (κ3) is 3.67. The number of ether oxygens (including phenoxy) is 1. The number of primary amides is 1. The second-order valence-corrected chi connectivity index (χ2v) is 7.88. The molecule has 1 fully saturated rings. The van der Waals surface area contributed by atoms with Gasteiger partial charge in [0.1, 0.15) is 21.9 Å². The van der Waals surface area contributed by atoms with E-state index in [0.717, 1.165) is 48.8 Å². The summed E-state index contributed by atoms with van der Waals surface area (Å²) in [6.07, 6.45) is 1.05. The van der Waals surface area contributed by atoms with E-state index in [4.69, 9.17) is 10.5 Å². The van der Waals surface area contributed by atoms with Crippen molar-refractivity contribution >= 4 is 43.3 Å². The number of nitrogens with two attached hydrogens (primary N) is 1. The second-order valence-electron chi connectivity index (χ2n) is 6.85. The molecule has 2 N–H and O–H groups in total. The van der Waals surface area contributed by atoms with E-state index in [2.05, 4.69) is 16.8 Å². The monoisotopic (exact) mass is 428 g/mol. The molecule has 0 unspecified atom stereocenters. The number of hydrogen-bond donors (Lipinski definition) is 1. The molecule has 7 nitrogen and oxygen atoms in total. The van der Waals surface area contributed by atoms with E-state index in [0.29, 0.717) is 10.5 Å². The van der Waals surface area contributed by atoms with Crippen molar-refractivity contribution in [2.75, 3.05) is 32.8 Å². The maximum absolute atomic E-state index is 13.5. The van der Waals surface area contributed by atoms with Gasteiger partial charge < -0.3 is 10.5 Å². The average Bonchev–Trinajstić information content (AvgIpc) is 3.14. The Morgan fingerprint density at radius 1 is 1.30 bits per heavy atom. The molecule has 0 spiro atoms. The molecule has 4 aromatic rings. The molecule has 1 amide bonds. The lowest BCUT2D eigenvalue weighted by molar-refractivity contribution is 0.0405. The zero-order valence-corrected chi connectivity index (χ0v) is 17.2. The minimum atomic E-state index is -0.833. The first kappa shape index (κ1) is 20.4. The third-order valence-corrected chi connectivity index (χ3v) is 6.19. The molecule has 5 rings (SSSR count). The zero-order valence-electron chi connectivity index (χ0n) is 16.4. The van der Waals surface area contributed by atoms with Crippen LogP contribution in [0.25, 0.3) is 26.1 Å². The van der Waals surface area contributed by atoms with Gasteiger partial charge in [0.2, 0.25) is 5.43 Å². The van der Waals surface area contributed by atoms with Crippen LogP contribution in [0.4, 0.5) is 4.39 Å². The van der Waals surface area contributed by atoms with Crippen molar-refractivity contribution in [1.82, 2.24) is 14.3 Å². The number of halogens is 1. The lowest BCUT2D eigenvalue weighted by atomic mass is 10.2. The lowest BCUT2D eigenvalue weighted by Gasteiger charge is -2.24. The Kier molecular flexibility index (Phi) is 5.76. The van der Waals surface area contributed by atoms with Crippen LogP contribution in [0.15, 0.2) is 41.3 Å². The summed E-state index contributed by atoms with van der Waals surface area (Å²) in [4.78, 5) is 31.1. The highest BCUT2D eigenvalue weighted by Crippen LogP contribution is 2.30. The number of morpholine rings is 1. The van der Waals surface area contributed by atoms with Crippen molar-refractivity contribution in [3.05, 3.63) is 58.1 Å². The van der Waals surface area contributed by atoms with Crippen LogP contribution in [0, 0.1) is 5.82 Å². The Bertz CT molecular complexity index is 1290. The fraction of sp³-hybridized carbons (Fsp3) is 0.286. The van der Waals surface area contributed by atoms with E-state index in [1.807, 2.05) is 24.3 Å². The Morgan fingerprint density at radius 3 is 2.70 bits per heavy atom. The molecule has 156 valence electrons. The highest BCUT2D eigenvalue weighted by atomic mass is 32.1. The van der Waals surface area contributed by atoms with Gasteiger partial charge in [-0.05, 0) is 24.7 Å². The number of thiazole rings is 1. The number of aromatic nitrogens is 2. The van der Waals surface area contributed by atoms with Crippen LogP contribution in [0.3, 0.4) is 0 Å². The summed E-state index contributed by atoms with van der Waals surface area (Å²) in [5.41, 5.74) is 5.73. The van der Waals surface area contributed by atoms with Crippen molar-refractivity contribution in [1.29, 1.82) is 0 Å². The van der Waals surface area contributed by atoms with Crippen molar-refractivity contribution in [2.45, 2.75) is 6.92 Å². The number of nitrogens with zero attached hydrogens (tertiary/aromatic N) is 3. The van der Waals surface area contributed by atoms with E-state index in [-0.39, 0.29) is 10.9 Å². The number of hydrogen-bond acceptors (Lipinski definition) is 6. The van der Waals surface area contributed by atoms with Gasteiger partial charge in [0, 0.05) is 13.1 Å². The first-order chi connectivity index (χ1) is 14.5. The quantitative estimate of drug-likeness (QED) is 0.530. The molecule has 9 heteroatoms. The molecule has 0 aliphatic carbocycles. The molecule has 4 heterocycles. The van der Waals surface area contributed by atoms with Gasteiger partial charge in [0.25, 0.3) is 5.91 Å². The van der Waals surface area contributed by atoms with Crippen molar-refractivity contribution in [3.63, 3.8) is 0 Å². The van der Waals surface area contributed by atoms with E-state index < -0.39 is 17.2 Å². The normalized spacial score (nSPS) is 14.7. The first-order valence-corrected chi connectivity index (χ1v) is 10.4. The van der Waals surface area contributed by atoms with Gasteiger partial charge in [-0.15, -0.1) is 11.3 Å². The van der Waals surface area contributed by atoms with Gasteiger partial charge in [0.05, 0.1) is 35.0 Å². The van der Waals surface area contributed by atoms with Crippen LogP contribution in [-0.4, -0.2) is 53.0 Å². The summed E-state index contributed by atoms with van der Waals surface area (Å²) < 4.78 is 21.2. The topological polar surface area (TPSA) is 89.9 Å². The molecular formula is C21H21FN4O3S. The molecule has 1 saturated heterocycles. The number of pyridine rings is 2. The summed E-state index contributed by atoms with van der Waals surface area (Å²) >= 11 is 1.28. The van der Waals surface area contributed by atoms with E-state index in [9.17, 15) is 14.0 Å². The Labute approximate surface area is 175 Å². The maximum atomic E-state index is 13.5. The zero-order chi connectivity index (χ0) is 21.3. The number of benzene rings is 1. The number of likely N-dealkylation sites (N-methyl/N-ethyl adjacent to an activating group) is 1. The van der Waals surface area contributed by atoms with Gasteiger partial charge in [-0.3, -0.25) is 18.9 Å². The Balaban J connectivity index is 0.000000230. The second kappa shape index (κ2) is 8.47. The van der Waals surface area contributed by atoms with E-state index >= 15 is 0 Å². The highest BCUT2D eigenvalue weighted by Gasteiger charge is 2.20. The summed E-state index contributed by atoms with van der Waals surface area (Å²) in [6.45, 7) is 7.45. The summed E-state index contributed by atoms with van der Waals surface area (Å²) in [7, 11) is 0. The predicted molar refractivity (Wildman–Crippen MR) is 116 cm³/mol. The number of amides is 1. The van der Waals surface area contributed by atoms with Crippen LogP contribution < -0.4 is 11.2 Å². The molecular weight excluding hydrogens is 407 g/mol. The molecule has 30 heavy (non-hydrogen) atoms. The molecule has 0 radical (unpaired) electrons. The number of fused-ring (bicyclic) bond motifs is 5. The number of rotatable bonds is 2. The molecule has 0 saturated carbocycles. The van der Waals surface area contributed by atoms with Crippen molar-refractivity contribution < 1.29 is 13.9 Å². The van der Waals surface area contributed by atoms with Crippen LogP contribution >= 0.6 is 11.3 Å². The summed E-state index contributed by atoms with van der Waals surface area (Å²) in [5.74, 6) is -1.47. The number of carbonyl (C=O) groups is 1. The number of para-hydroxylation sites is 1. The Hall–Kier alpha value is -2.88. The molecule has 3 aromatic heterocycles. The average molecular weight is 428 g/mol. The molecule has 1 aliphatic rings. The fourth-order valence-corrected chi connectivity index (χ4v) is 4.69. The Morgan fingerprint density at radius 2 is 2.03 bits per heavy atom. The van der Waals surface area contributed by atoms with Crippen LogP contribution in [0.2, 0.25) is 0 Å². The van der Waals surface area contributed by atoms with E-state index in [1.54, 1.807) is 4.40 Å². The minimum Gasteiger partial charge on any atom is -0.379 e. The van der Waals surface area contributed by atoms with Gasteiger partial charge in [0.15, 0.2) is 0 Å². The number of carbonyl (C=O) groups excluding carboxylic acids is 1. The highest BCUT2D eigenvalue weighted by molar-refractivity contribution is 7.24. The molecule has 1 aromatic carbocycles.